The van der Waals surface area contributed by atoms with Crippen LogP contribution in [0, 0.1) is 6.92 Å². The molecule has 1 aromatic carbocycles. The number of ether oxygens (including phenoxy) is 1. The molecule has 1 fully saturated rings. The number of fused-ring (bicyclic) bond motifs is 1. The first kappa shape index (κ1) is 18.0. The summed E-state index contributed by atoms with van der Waals surface area (Å²) in [5.74, 6) is 0.864. The highest BCUT2D eigenvalue weighted by molar-refractivity contribution is 6.02. The molecule has 3 heterocycles. The summed E-state index contributed by atoms with van der Waals surface area (Å²) in [7, 11) is 1.60. The Balaban J connectivity index is 1.59. The van der Waals surface area contributed by atoms with Crippen molar-refractivity contribution in [1.82, 2.24) is 19.3 Å². The number of rotatable bonds is 3. The van der Waals surface area contributed by atoms with Crippen LogP contribution >= 0.6 is 0 Å². The third-order valence-electron chi connectivity index (χ3n) is 5.01. The molecule has 28 heavy (non-hydrogen) atoms. The Labute approximate surface area is 162 Å². The van der Waals surface area contributed by atoms with E-state index in [0.717, 1.165) is 11.4 Å². The van der Waals surface area contributed by atoms with Gasteiger partial charge in [0.25, 0.3) is 5.91 Å². The van der Waals surface area contributed by atoms with Gasteiger partial charge >= 0.3 is 0 Å². The van der Waals surface area contributed by atoms with Gasteiger partial charge in [0.1, 0.15) is 18.0 Å². The number of imidazole rings is 1. The van der Waals surface area contributed by atoms with E-state index in [-0.39, 0.29) is 24.4 Å². The maximum Gasteiger partial charge on any atom is 0.273 e. The highest BCUT2D eigenvalue weighted by Crippen LogP contribution is 2.24. The molecule has 8 heteroatoms. The van der Waals surface area contributed by atoms with Crippen molar-refractivity contribution in [3.8, 4) is 5.75 Å². The van der Waals surface area contributed by atoms with Gasteiger partial charge in [-0.1, -0.05) is 0 Å². The molecule has 0 spiro atoms. The van der Waals surface area contributed by atoms with Crippen molar-refractivity contribution in [2.24, 2.45) is 0 Å². The van der Waals surface area contributed by atoms with E-state index in [9.17, 15) is 9.59 Å². The Kier molecular flexibility index (Phi) is 4.46. The summed E-state index contributed by atoms with van der Waals surface area (Å²) in [6, 6.07) is 8.94. The number of anilines is 1. The van der Waals surface area contributed by atoms with Gasteiger partial charge in [0.05, 0.1) is 12.8 Å². The number of benzene rings is 1. The monoisotopic (exact) mass is 379 g/mol. The first-order chi connectivity index (χ1) is 13.5. The minimum absolute atomic E-state index is 0.0129. The number of aromatic nitrogens is 3. The van der Waals surface area contributed by atoms with Gasteiger partial charge < -0.3 is 14.5 Å². The van der Waals surface area contributed by atoms with Crippen LogP contribution in [0.3, 0.4) is 0 Å². The number of nitrogens with zero attached hydrogens (tertiary/aromatic N) is 5. The maximum atomic E-state index is 13.2. The molecule has 1 atom stereocenters. The van der Waals surface area contributed by atoms with Crippen LogP contribution in [0.5, 0.6) is 5.75 Å². The van der Waals surface area contributed by atoms with E-state index in [2.05, 4.69) is 9.97 Å². The van der Waals surface area contributed by atoms with Gasteiger partial charge in [-0.05, 0) is 44.2 Å². The van der Waals surface area contributed by atoms with E-state index < -0.39 is 0 Å². The highest BCUT2D eigenvalue weighted by Gasteiger charge is 2.35. The number of piperazine rings is 1. The zero-order valence-corrected chi connectivity index (χ0v) is 16.0. The molecule has 1 aliphatic rings. The third-order valence-corrected chi connectivity index (χ3v) is 5.01. The second-order valence-electron chi connectivity index (χ2n) is 6.82. The van der Waals surface area contributed by atoms with Gasteiger partial charge in [0.15, 0.2) is 0 Å². The predicted molar refractivity (Wildman–Crippen MR) is 104 cm³/mol. The number of hydrogen-bond donors (Lipinski definition) is 0. The van der Waals surface area contributed by atoms with Crippen LogP contribution in [0.15, 0.2) is 42.7 Å². The summed E-state index contributed by atoms with van der Waals surface area (Å²) in [5, 5.41) is 0. The van der Waals surface area contributed by atoms with E-state index in [1.54, 1.807) is 46.7 Å². The van der Waals surface area contributed by atoms with Crippen molar-refractivity contribution in [3.05, 3.63) is 54.1 Å². The molecular weight excluding hydrogens is 358 g/mol. The van der Waals surface area contributed by atoms with Crippen LogP contribution in [0.2, 0.25) is 0 Å². The lowest BCUT2D eigenvalue weighted by atomic mass is 10.1. The van der Waals surface area contributed by atoms with Crippen LogP contribution < -0.4 is 9.64 Å². The van der Waals surface area contributed by atoms with Gasteiger partial charge in [0.2, 0.25) is 11.7 Å². The van der Waals surface area contributed by atoms with E-state index in [1.165, 1.54) is 0 Å². The zero-order chi connectivity index (χ0) is 19.8. The van der Waals surface area contributed by atoms with Gasteiger partial charge in [-0.3, -0.25) is 14.0 Å². The van der Waals surface area contributed by atoms with Crippen LogP contribution in [-0.4, -0.2) is 57.3 Å². The molecule has 0 N–H and O–H groups in total. The minimum Gasteiger partial charge on any atom is -0.497 e. The lowest BCUT2D eigenvalue weighted by Gasteiger charge is -2.39. The maximum absolute atomic E-state index is 13.2. The average Bonchev–Trinajstić information content (AvgIpc) is 3.04. The third kappa shape index (κ3) is 2.96. The molecule has 0 bridgehead atoms. The standard InChI is InChI=1S/C20H21N5O3/c1-13-11-25(15-5-7-16(28-3)8-6-15)17(26)12-24(13)19(27)18-14(2)22-20-21-9-4-10-23(18)20/h4-10,13H,11-12H2,1-3H3/t13-/m0/s1. The number of carbonyl (C=O) groups is 2. The Morgan fingerprint density at radius 3 is 2.71 bits per heavy atom. The smallest absolute Gasteiger partial charge is 0.273 e. The summed E-state index contributed by atoms with van der Waals surface area (Å²) in [6.07, 6.45) is 3.39. The fourth-order valence-electron chi connectivity index (χ4n) is 3.53. The molecule has 2 amide bonds. The molecule has 0 aliphatic carbocycles. The first-order valence-corrected chi connectivity index (χ1v) is 9.04. The first-order valence-electron chi connectivity index (χ1n) is 9.04. The van der Waals surface area contributed by atoms with E-state index in [0.29, 0.717) is 23.7 Å². The van der Waals surface area contributed by atoms with Gasteiger partial charge in [0, 0.05) is 30.7 Å². The molecule has 1 saturated heterocycles. The molecule has 1 aliphatic heterocycles. The SMILES string of the molecule is COc1ccc(N2C[C@H](C)N(C(=O)c3c(C)nc4ncccn34)CC2=O)cc1. The number of amides is 2. The second-order valence-corrected chi connectivity index (χ2v) is 6.82. The molecule has 8 nitrogen and oxygen atoms in total. The fourth-order valence-corrected chi connectivity index (χ4v) is 3.53. The lowest BCUT2D eigenvalue weighted by Crippen LogP contribution is -2.57. The minimum atomic E-state index is -0.215. The Hall–Kier alpha value is -3.42. The van der Waals surface area contributed by atoms with Gasteiger partial charge in [-0.15, -0.1) is 0 Å². The van der Waals surface area contributed by atoms with Gasteiger partial charge in [-0.25, -0.2) is 9.97 Å². The normalized spacial score (nSPS) is 17.2. The van der Waals surface area contributed by atoms with Crippen molar-refractivity contribution in [3.63, 3.8) is 0 Å². The van der Waals surface area contributed by atoms with Crippen molar-refractivity contribution < 1.29 is 14.3 Å². The molecular formula is C20H21N5O3. The molecule has 0 radical (unpaired) electrons. The fraction of sp³-hybridized carbons (Fsp3) is 0.300. The van der Waals surface area contributed by atoms with Crippen LogP contribution in [-0.2, 0) is 4.79 Å². The molecule has 2 aromatic heterocycles. The van der Waals surface area contributed by atoms with Crippen molar-refractivity contribution >= 4 is 23.3 Å². The molecule has 0 unspecified atom stereocenters. The summed E-state index contributed by atoms with van der Waals surface area (Å²) < 4.78 is 6.84. The molecule has 0 saturated carbocycles. The average molecular weight is 379 g/mol. The van der Waals surface area contributed by atoms with Crippen LogP contribution in [0.1, 0.15) is 23.1 Å². The zero-order valence-electron chi connectivity index (χ0n) is 16.0. The highest BCUT2D eigenvalue weighted by atomic mass is 16.5. The summed E-state index contributed by atoms with van der Waals surface area (Å²) in [6.45, 7) is 4.16. The van der Waals surface area contributed by atoms with Crippen molar-refractivity contribution in [2.75, 3.05) is 25.1 Å². The topological polar surface area (TPSA) is 80.0 Å². The number of hydrogen-bond acceptors (Lipinski definition) is 5. The Morgan fingerprint density at radius 1 is 1.25 bits per heavy atom. The second kappa shape index (κ2) is 6.95. The summed E-state index contributed by atoms with van der Waals surface area (Å²) >= 11 is 0. The van der Waals surface area contributed by atoms with Crippen LogP contribution in [0.4, 0.5) is 5.69 Å². The Bertz CT molecular complexity index is 1040. The van der Waals surface area contributed by atoms with E-state index in [1.807, 2.05) is 31.2 Å². The van der Waals surface area contributed by atoms with E-state index in [4.69, 9.17) is 4.74 Å². The number of aryl methyl sites for hydroxylation is 1. The van der Waals surface area contributed by atoms with Crippen molar-refractivity contribution in [1.29, 1.82) is 0 Å². The predicted octanol–water partition coefficient (Wildman–Crippen LogP) is 1.92. The quantitative estimate of drug-likeness (QED) is 0.695. The lowest BCUT2D eigenvalue weighted by molar-refractivity contribution is -0.121. The summed E-state index contributed by atoms with van der Waals surface area (Å²) in [5.41, 5.74) is 1.83. The largest absolute Gasteiger partial charge is 0.497 e. The Morgan fingerprint density at radius 2 is 2.00 bits per heavy atom. The molecule has 144 valence electrons. The number of carbonyl (C=O) groups excluding carboxylic acids is 2. The molecule has 3 aromatic rings. The van der Waals surface area contributed by atoms with E-state index >= 15 is 0 Å². The molecule has 4 rings (SSSR count). The summed E-state index contributed by atoms with van der Waals surface area (Å²) in [4.78, 5) is 37.9. The van der Waals surface area contributed by atoms with Gasteiger partial charge in [-0.2, -0.15) is 0 Å². The van der Waals surface area contributed by atoms with Crippen molar-refractivity contribution in [2.45, 2.75) is 19.9 Å². The number of methoxy groups -OCH3 is 1. The van der Waals surface area contributed by atoms with Crippen LogP contribution in [0.25, 0.3) is 5.78 Å².